The Kier molecular flexibility index (Phi) is 1.25. The molecule has 1 aliphatic carbocycles. The topological polar surface area (TPSA) is 17.3 Å². The maximum atomic E-state index is 4.69. The molecule has 0 radical (unpaired) electrons. The van der Waals surface area contributed by atoms with E-state index in [1.54, 1.807) is 11.3 Å². The zero-order valence-electron chi connectivity index (χ0n) is 7.87. The lowest BCUT2D eigenvalue weighted by Gasteiger charge is -2.14. The molecule has 0 unspecified atom stereocenters. The molecule has 0 saturated heterocycles. The minimum Gasteiger partial charge on any atom is -0.294 e. The molecule has 0 saturated carbocycles. The van der Waals surface area contributed by atoms with Crippen molar-refractivity contribution in [1.82, 2.24) is 9.38 Å². The number of nitrogens with zero attached hydrogens (tertiary/aromatic N) is 2. The number of aromatic nitrogens is 2. The van der Waals surface area contributed by atoms with Crippen LogP contribution in [0.25, 0.3) is 4.96 Å². The average Bonchev–Trinajstić information content (AvgIpc) is 2.63. The fraction of sp³-hybridized carbons (Fsp3) is 0.500. The van der Waals surface area contributed by atoms with Crippen molar-refractivity contribution in [3.8, 4) is 0 Å². The lowest BCUT2D eigenvalue weighted by atomic mass is 9.91. The van der Waals surface area contributed by atoms with E-state index >= 15 is 0 Å². The number of aryl methyl sites for hydroxylation is 1. The highest BCUT2D eigenvalue weighted by Crippen LogP contribution is 2.38. The molecule has 0 spiro atoms. The van der Waals surface area contributed by atoms with Crippen molar-refractivity contribution in [1.29, 1.82) is 0 Å². The molecule has 0 aromatic carbocycles. The first-order valence-electron chi connectivity index (χ1n) is 4.63. The van der Waals surface area contributed by atoms with Gasteiger partial charge < -0.3 is 0 Å². The minimum absolute atomic E-state index is 0.293. The second kappa shape index (κ2) is 2.15. The molecule has 2 aromatic rings. The quantitative estimate of drug-likeness (QED) is 0.627. The summed E-state index contributed by atoms with van der Waals surface area (Å²) in [6.07, 6.45) is 4.55. The van der Waals surface area contributed by atoms with E-state index in [1.165, 1.54) is 24.2 Å². The van der Waals surface area contributed by atoms with Crippen LogP contribution in [0.15, 0.2) is 11.6 Å². The predicted molar refractivity (Wildman–Crippen MR) is 54.4 cm³/mol. The Morgan fingerprint density at radius 3 is 3.23 bits per heavy atom. The Morgan fingerprint density at radius 1 is 1.54 bits per heavy atom. The SMILES string of the molecule is CC1(C)CCc2c1nc1sccn21. The number of rotatable bonds is 0. The summed E-state index contributed by atoms with van der Waals surface area (Å²) < 4.78 is 2.24. The third-order valence-corrected chi connectivity index (χ3v) is 3.75. The molecular weight excluding hydrogens is 180 g/mol. The first-order chi connectivity index (χ1) is 6.18. The zero-order valence-corrected chi connectivity index (χ0v) is 8.69. The molecular formula is C10H12N2S. The Morgan fingerprint density at radius 2 is 2.38 bits per heavy atom. The summed E-state index contributed by atoms with van der Waals surface area (Å²) in [7, 11) is 0. The van der Waals surface area contributed by atoms with Gasteiger partial charge in [0.25, 0.3) is 0 Å². The lowest BCUT2D eigenvalue weighted by Crippen LogP contribution is -2.12. The summed E-state index contributed by atoms with van der Waals surface area (Å²) in [6, 6.07) is 0. The third-order valence-electron chi connectivity index (χ3n) is 2.99. The van der Waals surface area contributed by atoms with E-state index in [4.69, 9.17) is 0 Å². The number of fused-ring (bicyclic) bond motifs is 3. The highest BCUT2D eigenvalue weighted by Gasteiger charge is 2.34. The fourth-order valence-corrected chi connectivity index (χ4v) is 2.90. The van der Waals surface area contributed by atoms with Crippen LogP contribution in [0.4, 0.5) is 0 Å². The van der Waals surface area contributed by atoms with E-state index < -0.39 is 0 Å². The monoisotopic (exact) mass is 192 g/mol. The van der Waals surface area contributed by atoms with Crippen LogP contribution in [0.5, 0.6) is 0 Å². The van der Waals surface area contributed by atoms with E-state index in [-0.39, 0.29) is 0 Å². The Hall–Kier alpha value is -0.830. The Bertz CT molecular complexity index is 464. The van der Waals surface area contributed by atoms with Crippen molar-refractivity contribution < 1.29 is 0 Å². The second-order valence-corrected chi connectivity index (χ2v) is 5.22. The third kappa shape index (κ3) is 0.854. The summed E-state index contributed by atoms with van der Waals surface area (Å²) >= 11 is 1.72. The van der Waals surface area contributed by atoms with Crippen LogP contribution in [0.2, 0.25) is 0 Å². The number of imidazole rings is 1. The van der Waals surface area contributed by atoms with Gasteiger partial charge in [-0.25, -0.2) is 4.98 Å². The van der Waals surface area contributed by atoms with Crippen LogP contribution in [0.3, 0.4) is 0 Å². The van der Waals surface area contributed by atoms with Crippen molar-refractivity contribution in [2.45, 2.75) is 32.1 Å². The van der Waals surface area contributed by atoms with Gasteiger partial charge in [-0.3, -0.25) is 4.40 Å². The summed E-state index contributed by atoms with van der Waals surface area (Å²) in [6.45, 7) is 4.58. The van der Waals surface area contributed by atoms with Gasteiger partial charge in [0.1, 0.15) is 0 Å². The van der Waals surface area contributed by atoms with Gasteiger partial charge in [-0.1, -0.05) is 13.8 Å². The molecule has 3 rings (SSSR count). The molecule has 0 fully saturated rings. The van der Waals surface area contributed by atoms with Gasteiger partial charge in [0.05, 0.1) is 5.69 Å². The van der Waals surface area contributed by atoms with Gasteiger partial charge in [-0.05, 0) is 12.8 Å². The minimum atomic E-state index is 0.293. The highest BCUT2D eigenvalue weighted by molar-refractivity contribution is 7.15. The highest BCUT2D eigenvalue weighted by atomic mass is 32.1. The van der Waals surface area contributed by atoms with E-state index in [2.05, 4.69) is 34.8 Å². The van der Waals surface area contributed by atoms with Gasteiger partial charge in [0.2, 0.25) is 0 Å². The van der Waals surface area contributed by atoms with Crippen LogP contribution in [0, 0.1) is 0 Å². The summed E-state index contributed by atoms with van der Waals surface area (Å²) in [4.78, 5) is 5.84. The van der Waals surface area contributed by atoms with Crippen molar-refractivity contribution in [3.05, 3.63) is 23.0 Å². The summed E-state index contributed by atoms with van der Waals surface area (Å²) in [5.41, 5.74) is 3.04. The van der Waals surface area contributed by atoms with Gasteiger partial charge in [0.15, 0.2) is 4.96 Å². The van der Waals surface area contributed by atoms with Crippen molar-refractivity contribution in [3.63, 3.8) is 0 Å². The summed E-state index contributed by atoms with van der Waals surface area (Å²) in [5, 5.41) is 2.11. The average molecular weight is 192 g/mol. The lowest BCUT2D eigenvalue weighted by molar-refractivity contribution is 0.510. The molecule has 0 bridgehead atoms. The van der Waals surface area contributed by atoms with Crippen LogP contribution in [-0.4, -0.2) is 9.38 Å². The van der Waals surface area contributed by atoms with E-state index in [0.717, 1.165) is 4.96 Å². The standard InChI is InChI=1S/C10H12N2S/c1-10(2)4-3-7-8(10)11-9-12(7)5-6-13-9/h5-6H,3-4H2,1-2H3. The van der Waals surface area contributed by atoms with Crippen LogP contribution >= 0.6 is 11.3 Å². The number of hydrogen-bond acceptors (Lipinski definition) is 2. The fourth-order valence-electron chi connectivity index (χ4n) is 2.16. The zero-order chi connectivity index (χ0) is 9.05. The normalized spacial score (nSPS) is 19.5. The molecule has 0 N–H and O–H groups in total. The largest absolute Gasteiger partial charge is 0.294 e. The van der Waals surface area contributed by atoms with Gasteiger partial charge in [0, 0.05) is 22.7 Å². The van der Waals surface area contributed by atoms with Crippen LogP contribution in [0.1, 0.15) is 31.7 Å². The molecule has 1 aliphatic rings. The molecule has 2 heterocycles. The molecule has 13 heavy (non-hydrogen) atoms. The van der Waals surface area contributed by atoms with E-state index in [0.29, 0.717) is 5.41 Å². The first kappa shape index (κ1) is 7.56. The molecule has 3 heteroatoms. The Balaban J connectivity index is 2.37. The number of hydrogen-bond donors (Lipinski definition) is 0. The smallest absolute Gasteiger partial charge is 0.194 e. The van der Waals surface area contributed by atoms with Crippen molar-refractivity contribution >= 4 is 16.3 Å². The second-order valence-electron chi connectivity index (χ2n) is 4.35. The predicted octanol–water partition coefficient (Wildman–Crippen LogP) is 2.62. The Labute approximate surface area is 81.2 Å². The first-order valence-corrected chi connectivity index (χ1v) is 5.51. The number of thiazole rings is 1. The maximum absolute atomic E-state index is 4.69. The van der Waals surface area contributed by atoms with Crippen molar-refractivity contribution in [2.75, 3.05) is 0 Å². The molecule has 68 valence electrons. The molecule has 0 aliphatic heterocycles. The molecule has 2 aromatic heterocycles. The van der Waals surface area contributed by atoms with Crippen LogP contribution in [-0.2, 0) is 11.8 Å². The van der Waals surface area contributed by atoms with E-state index in [9.17, 15) is 0 Å². The summed E-state index contributed by atoms with van der Waals surface area (Å²) in [5.74, 6) is 0. The molecule has 0 amide bonds. The van der Waals surface area contributed by atoms with Gasteiger partial charge in [-0.15, -0.1) is 11.3 Å². The molecule has 2 nitrogen and oxygen atoms in total. The van der Waals surface area contributed by atoms with Gasteiger partial charge >= 0.3 is 0 Å². The van der Waals surface area contributed by atoms with Crippen molar-refractivity contribution in [2.24, 2.45) is 0 Å². The van der Waals surface area contributed by atoms with E-state index in [1.807, 2.05) is 0 Å². The molecule has 0 atom stereocenters. The van der Waals surface area contributed by atoms with Gasteiger partial charge in [-0.2, -0.15) is 0 Å². The van der Waals surface area contributed by atoms with Crippen LogP contribution < -0.4 is 0 Å². The maximum Gasteiger partial charge on any atom is 0.194 e.